The largest absolute Gasteiger partial charge is 0.345 e. The Morgan fingerprint density at radius 1 is 1.26 bits per heavy atom. The van der Waals surface area contributed by atoms with Crippen LogP contribution in [-0.2, 0) is 0 Å². The van der Waals surface area contributed by atoms with Gasteiger partial charge in [0.25, 0.3) is 5.91 Å². The highest BCUT2D eigenvalue weighted by atomic mass is 32.1. The highest BCUT2D eigenvalue weighted by Gasteiger charge is 2.14. The molecule has 0 spiro atoms. The van der Waals surface area contributed by atoms with Crippen molar-refractivity contribution in [3.05, 3.63) is 51.2 Å². The van der Waals surface area contributed by atoms with Crippen LogP contribution in [-0.4, -0.2) is 5.91 Å². The molecule has 1 amide bonds. The summed E-state index contributed by atoms with van der Waals surface area (Å²) in [6, 6.07) is 9.77. The maximum Gasteiger partial charge on any atom is 0.252 e. The first-order chi connectivity index (χ1) is 8.97. The van der Waals surface area contributed by atoms with Crippen LogP contribution in [0.25, 0.3) is 0 Å². The number of hydrogen-bond donors (Lipinski definition) is 2. The predicted molar refractivity (Wildman–Crippen MR) is 83.4 cm³/mol. The second-order valence-electron chi connectivity index (χ2n) is 4.64. The fourth-order valence-electron chi connectivity index (χ4n) is 1.89. The quantitative estimate of drug-likeness (QED) is 0.817. The third kappa shape index (κ3) is 3.39. The zero-order chi connectivity index (χ0) is 14.0. The summed E-state index contributed by atoms with van der Waals surface area (Å²) in [5.74, 6) is -0.0491. The number of aryl methyl sites for hydroxylation is 2. The number of thiol groups is 1. The monoisotopic (exact) mass is 291 g/mol. The van der Waals surface area contributed by atoms with Crippen LogP contribution in [0.5, 0.6) is 0 Å². The standard InChI is InChI=1S/C15H17NOS2/c1-9-4-6-12(18)8-13(9)15(17)16-11(3)14-7-5-10(2)19-14/h4-8,11,18H,1-3H3,(H,16,17). The van der Waals surface area contributed by atoms with E-state index in [1.165, 1.54) is 9.75 Å². The van der Waals surface area contributed by atoms with Gasteiger partial charge < -0.3 is 5.32 Å². The average Bonchev–Trinajstić information content (AvgIpc) is 2.79. The van der Waals surface area contributed by atoms with Crippen LogP contribution in [0.3, 0.4) is 0 Å². The van der Waals surface area contributed by atoms with Crippen molar-refractivity contribution in [3.63, 3.8) is 0 Å². The van der Waals surface area contributed by atoms with Crippen LogP contribution in [0.1, 0.15) is 38.6 Å². The first-order valence-electron chi connectivity index (χ1n) is 6.14. The van der Waals surface area contributed by atoms with E-state index in [4.69, 9.17) is 0 Å². The van der Waals surface area contributed by atoms with Gasteiger partial charge in [-0.2, -0.15) is 0 Å². The smallest absolute Gasteiger partial charge is 0.252 e. The Morgan fingerprint density at radius 3 is 2.63 bits per heavy atom. The molecule has 2 nitrogen and oxygen atoms in total. The van der Waals surface area contributed by atoms with E-state index in [1.54, 1.807) is 17.4 Å². The van der Waals surface area contributed by atoms with Crippen molar-refractivity contribution in [2.24, 2.45) is 0 Å². The van der Waals surface area contributed by atoms with Crippen LogP contribution < -0.4 is 5.32 Å². The lowest BCUT2D eigenvalue weighted by atomic mass is 10.1. The normalized spacial score (nSPS) is 12.2. The van der Waals surface area contributed by atoms with Gasteiger partial charge in [0.05, 0.1) is 6.04 Å². The SMILES string of the molecule is Cc1ccc(C(C)NC(=O)c2cc(S)ccc2C)s1. The molecule has 19 heavy (non-hydrogen) atoms. The molecule has 1 N–H and O–H groups in total. The topological polar surface area (TPSA) is 29.1 Å². The number of benzene rings is 1. The van der Waals surface area contributed by atoms with E-state index in [1.807, 2.05) is 26.0 Å². The summed E-state index contributed by atoms with van der Waals surface area (Å²) in [4.78, 5) is 15.5. The van der Waals surface area contributed by atoms with Gasteiger partial charge in [0.2, 0.25) is 0 Å². The Kier molecular flexibility index (Phi) is 4.32. The summed E-state index contributed by atoms with van der Waals surface area (Å²) < 4.78 is 0. The molecule has 1 aromatic heterocycles. The van der Waals surface area contributed by atoms with E-state index >= 15 is 0 Å². The summed E-state index contributed by atoms with van der Waals surface area (Å²) in [6.07, 6.45) is 0. The predicted octanol–water partition coefficient (Wildman–Crippen LogP) is 4.14. The lowest BCUT2D eigenvalue weighted by Gasteiger charge is -2.13. The Balaban J connectivity index is 2.15. The molecule has 1 unspecified atom stereocenters. The number of hydrogen-bond acceptors (Lipinski definition) is 3. The van der Waals surface area contributed by atoms with Gasteiger partial charge in [0.15, 0.2) is 0 Å². The molecular formula is C15H17NOS2. The molecule has 4 heteroatoms. The van der Waals surface area contributed by atoms with Gasteiger partial charge in [-0.3, -0.25) is 4.79 Å². The summed E-state index contributed by atoms with van der Waals surface area (Å²) in [7, 11) is 0. The lowest BCUT2D eigenvalue weighted by Crippen LogP contribution is -2.26. The molecule has 0 saturated heterocycles. The third-order valence-electron chi connectivity index (χ3n) is 3.00. The van der Waals surface area contributed by atoms with Crippen molar-refractivity contribution in [2.75, 3.05) is 0 Å². The van der Waals surface area contributed by atoms with Crippen LogP contribution in [0.2, 0.25) is 0 Å². The first kappa shape index (κ1) is 14.2. The van der Waals surface area contributed by atoms with Gasteiger partial charge in [-0.1, -0.05) is 6.07 Å². The molecule has 0 aliphatic carbocycles. The molecule has 0 aliphatic rings. The summed E-state index contributed by atoms with van der Waals surface area (Å²) in [5.41, 5.74) is 1.65. The maximum atomic E-state index is 12.3. The molecule has 0 fully saturated rings. The minimum atomic E-state index is -0.0491. The van der Waals surface area contributed by atoms with E-state index < -0.39 is 0 Å². The molecule has 0 radical (unpaired) electrons. The number of thiophene rings is 1. The lowest BCUT2D eigenvalue weighted by molar-refractivity contribution is 0.0939. The molecule has 1 heterocycles. The second kappa shape index (κ2) is 5.80. The van der Waals surface area contributed by atoms with Crippen LogP contribution in [0, 0.1) is 13.8 Å². The Labute approximate surface area is 123 Å². The zero-order valence-electron chi connectivity index (χ0n) is 11.2. The Morgan fingerprint density at radius 2 is 2.00 bits per heavy atom. The molecule has 2 aromatic rings. The molecule has 0 saturated carbocycles. The minimum Gasteiger partial charge on any atom is -0.345 e. The van der Waals surface area contributed by atoms with E-state index in [0.29, 0.717) is 5.56 Å². The van der Waals surface area contributed by atoms with Crippen LogP contribution in [0.15, 0.2) is 35.2 Å². The van der Waals surface area contributed by atoms with Gasteiger partial charge >= 0.3 is 0 Å². The fourth-order valence-corrected chi connectivity index (χ4v) is 2.97. The van der Waals surface area contributed by atoms with E-state index in [0.717, 1.165) is 10.5 Å². The number of nitrogens with one attached hydrogen (secondary N) is 1. The van der Waals surface area contributed by atoms with Gasteiger partial charge in [0, 0.05) is 20.2 Å². The van der Waals surface area contributed by atoms with Crippen molar-refractivity contribution in [3.8, 4) is 0 Å². The van der Waals surface area contributed by atoms with E-state index in [2.05, 4.69) is 37.0 Å². The Bertz CT molecular complexity index is 604. The van der Waals surface area contributed by atoms with Crippen molar-refractivity contribution < 1.29 is 4.79 Å². The average molecular weight is 291 g/mol. The van der Waals surface area contributed by atoms with E-state index in [-0.39, 0.29) is 11.9 Å². The fraction of sp³-hybridized carbons (Fsp3) is 0.267. The molecule has 0 aliphatic heterocycles. The minimum absolute atomic E-state index is 0.0224. The number of amides is 1. The zero-order valence-corrected chi connectivity index (χ0v) is 12.9. The number of carbonyl (C=O) groups is 1. The van der Waals surface area contributed by atoms with Gasteiger partial charge in [-0.15, -0.1) is 24.0 Å². The molecule has 1 atom stereocenters. The summed E-state index contributed by atoms with van der Waals surface area (Å²) >= 11 is 5.99. The first-order valence-corrected chi connectivity index (χ1v) is 7.40. The second-order valence-corrected chi connectivity index (χ2v) is 6.48. The maximum absolute atomic E-state index is 12.3. The molecule has 2 rings (SSSR count). The van der Waals surface area contributed by atoms with Gasteiger partial charge in [0.1, 0.15) is 0 Å². The van der Waals surface area contributed by atoms with Crippen molar-refractivity contribution in [2.45, 2.75) is 31.7 Å². The Hall–Kier alpha value is -1.26. The molecule has 1 aromatic carbocycles. The molecule has 0 bridgehead atoms. The molecular weight excluding hydrogens is 274 g/mol. The number of rotatable bonds is 3. The van der Waals surface area contributed by atoms with E-state index in [9.17, 15) is 4.79 Å². The van der Waals surface area contributed by atoms with Crippen molar-refractivity contribution in [1.82, 2.24) is 5.32 Å². The van der Waals surface area contributed by atoms with Gasteiger partial charge in [-0.25, -0.2) is 0 Å². The third-order valence-corrected chi connectivity index (χ3v) is 4.46. The highest BCUT2D eigenvalue weighted by molar-refractivity contribution is 7.80. The van der Waals surface area contributed by atoms with Crippen LogP contribution in [0.4, 0.5) is 0 Å². The summed E-state index contributed by atoms with van der Waals surface area (Å²) in [5, 5.41) is 3.03. The van der Waals surface area contributed by atoms with Crippen molar-refractivity contribution >= 4 is 29.9 Å². The van der Waals surface area contributed by atoms with Crippen molar-refractivity contribution in [1.29, 1.82) is 0 Å². The summed E-state index contributed by atoms with van der Waals surface area (Å²) in [6.45, 7) is 6.00. The van der Waals surface area contributed by atoms with Gasteiger partial charge in [-0.05, 0) is 50.6 Å². The number of carbonyl (C=O) groups excluding carboxylic acids is 1. The van der Waals surface area contributed by atoms with Crippen LogP contribution >= 0.6 is 24.0 Å². The molecule has 100 valence electrons. The highest BCUT2D eigenvalue weighted by Crippen LogP contribution is 2.23.